The van der Waals surface area contributed by atoms with Gasteiger partial charge in [0, 0.05) is 11.6 Å². The highest BCUT2D eigenvalue weighted by molar-refractivity contribution is 6.30. The fourth-order valence-electron chi connectivity index (χ4n) is 1.20. The van der Waals surface area contributed by atoms with E-state index in [9.17, 15) is 0 Å². The minimum absolute atomic E-state index is 0.552. The zero-order valence-corrected chi connectivity index (χ0v) is 10.1. The first kappa shape index (κ1) is 12.8. The minimum Gasteiger partial charge on any atom is -0.355 e. The van der Waals surface area contributed by atoms with Gasteiger partial charge in [-0.3, -0.25) is 5.43 Å². The molecule has 16 heavy (non-hydrogen) atoms. The third-order valence-corrected chi connectivity index (χ3v) is 2.22. The third kappa shape index (κ3) is 4.51. The van der Waals surface area contributed by atoms with Gasteiger partial charge in [-0.1, -0.05) is 30.7 Å². The summed E-state index contributed by atoms with van der Waals surface area (Å²) >= 11 is 5.87. The van der Waals surface area contributed by atoms with Crippen molar-refractivity contribution >= 4 is 17.6 Å². The van der Waals surface area contributed by atoms with Crippen LogP contribution in [-0.4, -0.2) is 12.5 Å². The smallest absolute Gasteiger partial charge is 0.206 e. The average molecular weight is 241 g/mol. The molecule has 0 spiro atoms. The summed E-state index contributed by atoms with van der Waals surface area (Å²) in [4.78, 5) is 4.30. The van der Waals surface area contributed by atoms with Gasteiger partial charge in [0.1, 0.15) is 0 Å². The van der Waals surface area contributed by atoms with Crippen LogP contribution in [0.5, 0.6) is 0 Å². The van der Waals surface area contributed by atoms with Crippen LogP contribution in [0.15, 0.2) is 29.3 Å². The van der Waals surface area contributed by atoms with Crippen LogP contribution < -0.4 is 16.6 Å². The van der Waals surface area contributed by atoms with Crippen LogP contribution in [0.1, 0.15) is 18.9 Å². The number of benzene rings is 1. The lowest BCUT2D eigenvalue weighted by atomic mass is 10.2. The number of hydrogen-bond acceptors (Lipinski definition) is 2. The van der Waals surface area contributed by atoms with E-state index >= 15 is 0 Å². The molecule has 0 radical (unpaired) electrons. The summed E-state index contributed by atoms with van der Waals surface area (Å²) < 4.78 is 0. The summed E-state index contributed by atoms with van der Waals surface area (Å²) in [5.41, 5.74) is 3.58. The molecule has 0 aliphatic carbocycles. The van der Waals surface area contributed by atoms with E-state index in [4.69, 9.17) is 17.4 Å². The molecule has 1 aromatic carbocycles. The molecule has 0 atom stereocenters. The summed E-state index contributed by atoms with van der Waals surface area (Å²) in [5, 5.41) is 3.80. The molecule has 0 heterocycles. The summed E-state index contributed by atoms with van der Waals surface area (Å²) in [7, 11) is 0. The normalized spacial score (nSPS) is 11.3. The van der Waals surface area contributed by atoms with Gasteiger partial charge < -0.3 is 5.32 Å². The van der Waals surface area contributed by atoms with Crippen molar-refractivity contribution in [1.82, 2.24) is 10.7 Å². The van der Waals surface area contributed by atoms with Gasteiger partial charge in [-0.2, -0.15) is 0 Å². The van der Waals surface area contributed by atoms with Gasteiger partial charge in [0.25, 0.3) is 0 Å². The second-order valence-electron chi connectivity index (χ2n) is 3.37. The Labute approximate surface area is 101 Å². The molecule has 88 valence electrons. The molecular formula is C11H17ClN4. The van der Waals surface area contributed by atoms with Gasteiger partial charge >= 0.3 is 0 Å². The van der Waals surface area contributed by atoms with E-state index in [-0.39, 0.29) is 0 Å². The number of nitrogens with two attached hydrogens (primary N) is 1. The van der Waals surface area contributed by atoms with E-state index < -0.39 is 0 Å². The zero-order chi connectivity index (χ0) is 11.8. The Kier molecular flexibility index (Phi) is 5.67. The number of hydrazine groups is 1. The largest absolute Gasteiger partial charge is 0.355 e. The Morgan fingerprint density at radius 2 is 2.31 bits per heavy atom. The van der Waals surface area contributed by atoms with Crippen molar-refractivity contribution in [3.63, 3.8) is 0 Å². The highest BCUT2D eigenvalue weighted by Crippen LogP contribution is 2.11. The standard InChI is InChI=1S/C11H17ClN4/c1-2-6-14-11(16-13)15-8-9-4-3-5-10(12)7-9/h3-5,7H,2,6,8,13H2,1H3,(H2,14,15,16). The number of guanidine groups is 1. The van der Waals surface area contributed by atoms with Crippen molar-refractivity contribution in [1.29, 1.82) is 0 Å². The van der Waals surface area contributed by atoms with Crippen LogP contribution >= 0.6 is 11.6 Å². The van der Waals surface area contributed by atoms with Crippen molar-refractivity contribution in [2.24, 2.45) is 10.8 Å². The maximum atomic E-state index is 5.87. The number of aliphatic imine (C=N–C) groups is 1. The van der Waals surface area contributed by atoms with Gasteiger partial charge in [0.05, 0.1) is 6.54 Å². The van der Waals surface area contributed by atoms with Crippen LogP contribution in [0.25, 0.3) is 0 Å². The quantitative estimate of drug-likeness (QED) is 0.325. The Hall–Kier alpha value is -1.26. The SMILES string of the molecule is CCCNC(=NCc1cccc(Cl)c1)NN. The highest BCUT2D eigenvalue weighted by atomic mass is 35.5. The van der Waals surface area contributed by atoms with Gasteiger partial charge in [-0.25, -0.2) is 10.8 Å². The predicted molar refractivity (Wildman–Crippen MR) is 68.2 cm³/mol. The van der Waals surface area contributed by atoms with E-state index in [0.717, 1.165) is 23.6 Å². The number of nitrogens with one attached hydrogen (secondary N) is 2. The molecule has 0 saturated heterocycles. The topological polar surface area (TPSA) is 62.4 Å². The molecule has 4 N–H and O–H groups in total. The molecule has 1 aromatic rings. The Balaban J connectivity index is 2.55. The van der Waals surface area contributed by atoms with E-state index in [1.807, 2.05) is 24.3 Å². The molecule has 1 rings (SSSR count). The Morgan fingerprint density at radius 1 is 1.50 bits per heavy atom. The minimum atomic E-state index is 0.552. The molecule has 0 bridgehead atoms. The zero-order valence-electron chi connectivity index (χ0n) is 9.33. The van der Waals surface area contributed by atoms with Gasteiger partial charge in [-0.15, -0.1) is 0 Å². The lowest BCUT2D eigenvalue weighted by Crippen LogP contribution is -2.41. The molecule has 0 amide bonds. The first-order valence-corrected chi connectivity index (χ1v) is 5.63. The summed E-state index contributed by atoms with van der Waals surface area (Å²) in [6.07, 6.45) is 1.03. The molecule has 0 aromatic heterocycles. The summed E-state index contributed by atoms with van der Waals surface area (Å²) in [5.74, 6) is 5.94. The van der Waals surface area contributed by atoms with Crippen molar-refractivity contribution in [3.05, 3.63) is 34.9 Å². The first-order valence-electron chi connectivity index (χ1n) is 5.25. The Morgan fingerprint density at radius 3 is 2.94 bits per heavy atom. The lowest BCUT2D eigenvalue weighted by molar-refractivity contribution is 0.790. The maximum absolute atomic E-state index is 5.87. The van der Waals surface area contributed by atoms with Gasteiger partial charge in [-0.05, 0) is 24.1 Å². The van der Waals surface area contributed by atoms with Gasteiger partial charge in [0.15, 0.2) is 0 Å². The van der Waals surface area contributed by atoms with Crippen molar-refractivity contribution in [3.8, 4) is 0 Å². The number of hydrogen-bond donors (Lipinski definition) is 3. The van der Waals surface area contributed by atoms with Crippen LogP contribution in [0.4, 0.5) is 0 Å². The molecule has 0 aliphatic rings. The van der Waals surface area contributed by atoms with Crippen LogP contribution in [0.2, 0.25) is 5.02 Å². The molecule has 0 fully saturated rings. The lowest BCUT2D eigenvalue weighted by Gasteiger charge is -2.07. The molecule has 4 nitrogen and oxygen atoms in total. The highest BCUT2D eigenvalue weighted by Gasteiger charge is 1.95. The average Bonchev–Trinajstić information content (AvgIpc) is 2.29. The fourth-order valence-corrected chi connectivity index (χ4v) is 1.41. The predicted octanol–water partition coefficient (Wildman–Crippen LogP) is 1.66. The number of nitrogens with zero attached hydrogens (tertiary/aromatic N) is 1. The van der Waals surface area contributed by atoms with Gasteiger partial charge in [0.2, 0.25) is 5.96 Å². The third-order valence-electron chi connectivity index (χ3n) is 1.99. The van der Waals surface area contributed by atoms with Crippen LogP contribution in [0.3, 0.4) is 0 Å². The van der Waals surface area contributed by atoms with Crippen molar-refractivity contribution in [2.75, 3.05) is 6.54 Å². The van der Waals surface area contributed by atoms with E-state index in [1.54, 1.807) is 0 Å². The molecule has 0 aliphatic heterocycles. The molecule has 0 saturated carbocycles. The van der Waals surface area contributed by atoms with E-state index in [2.05, 4.69) is 22.7 Å². The van der Waals surface area contributed by atoms with Crippen molar-refractivity contribution in [2.45, 2.75) is 19.9 Å². The molecule has 5 heteroatoms. The summed E-state index contributed by atoms with van der Waals surface area (Å²) in [6, 6.07) is 7.61. The Bertz CT molecular complexity index is 352. The second-order valence-corrected chi connectivity index (χ2v) is 3.80. The molecule has 0 unspecified atom stereocenters. The van der Waals surface area contributed by atoms with Crippen LogP contribution in [-0.2, 0) is 6.54 Å². The van der Waals surface area contributed by atoms with E-state index in [1.165, 1.54) is 0 Å². The maximum Gasteiger partial charge on any atom is 0.206 e. The molecular weight excluding hydrogens is 224 g/mol. The van der Waals surface area contributed by atoms with Crippen molar-refractivity contribution < 1.29 is 0 Å². The first-order chi connectivity index (χ1) is 7.76. The monoisotopic (exact) mass is 240 g/mol. The summed E-state index contributed by atoms with van der Waals surface area (Å²) in [6.45, 7) is 3.48. The van der Waals surface area contributed by atoms with E-state index in [0.29, 0.717) is 12.5 Å². The fraction of sp³-hybridized carbons (Fsp3) is 0.364. The number of halogens is 1. The number of rotatable bonds is 4. The second kappa shape index (κ2) is 7.09. The van der Waals surface area contributed by atoms with Crippen LogP contribution in [0, 0.1) is 0 Å².